The lowest BCUT2D eigenvalue weighted by Gasteiger charge is -2.34. The van der Waals surface area contributed by atoms with Gasteiger partial charge in [-0.2, -0.15) is 0 Å². The largest absolute Gasteiger partial charge is 0.465 e. The highest BCUT2D eigenvalue weighted by molar-refractivity contribution is 5.64. The van der Waals surface area contributed by atoms with E-state index < -0.39 is 6.09 Å². The molecule has 1 amide bonds. The molecule has 0 aromatic carbocycles. The van der Waals surface area contributed by atoms with Crippen molar-refractivity contribution in [1.82, 2.24) is 15.2 Å². The van der Waals surface area contributed by atoms with Crippen molar-refractivity contribution in [3.8, 4) is 0 Å². The van der Waals surface area contributed by atoms with Crippen LogP contribution in [0.2, 0.25) is 0 Å². The molecule has 0 radical (unpaired) electrons. The lowest BCUT2D eigenvalue weighted by molar-refractivity contribution is 0.155. The van der Waals surface area contributed by atoms with Crippen molar-refractivity contribution in [2.45, 2.75) is 25.8 Å². The number of hydrogen-bond donors (Lipinski definition) is 2. The second-order valence-electron chi connectivity index (χ2n) is 5.57. The van der Waals surface area contributed by atoms with Crippen LogP contribution >= 0.6 is 0 Å². The zero-order valence-corrected chi connectivity index (χ0v) is 12.7. The van der Waals surface area contributed by atoms with Crippen molar-refractivity contribution in [3.63, 3.8) is 0 Å². The Bertz CT molecular complexity index is 472. The summed E-state index contributed by atoms with van der Waals surface area (Å²) in [6.07, 6.45) is 3.15. The summed E-state index contributed by atoms with van der Waals surface area (Å²) in [5.41, 5.74) is 2.29. The number of carbonyl (C=O) groups is 1. The van der Waals surface area contributed by atoms with Gasteiger partial charge >= 0.3 is 6.09 Å². The first-order valence-corrected chi connectivity index (χ1v) is 7.41. The molecule has 1 aliphatic heterocycles. The molecule has 1 aromatic rings. The lowest BCUT2D eigenvalue weighted by Crippen LogP contribution is -2.44. The Kier molecular flexibility index (Phi) is 5.38. The van der Waals surface area contributed by atoms with Gasteiger partial charge in [-0.25, -0.2) is 4.79 Å². The molecule has 1 saturated heterocycles. The van der Waals surface area contributed by atoms with E-state index in [1.807, 2.05) is 13.1 Å². The lowest BCUT2D eigenvalue weighted by atomic mass is 10.0. The van der Waals surface area contributed by atoms with Gasteiger partial charge in [0.25, 0.3) is 0 Å². The molecule has 1 fully saturated rings. The quantitative estimate of drug-likeness (QED) is 0.862. The number of amides is 1. The molecule has 6 heteroatoms. The van der Waals surface area contributed by atoms with Gasteiger partial charge in [-0.05, 0) is 31.9 Å². The average molecular weight is 292 g/mol. The van der Waals surface area contributed by atoms with Gasteiger partial charge in [-0.1, -0.05) is 0 Å². The minimum absolute atomic E-state index is 0.478. The highest BCUT2D eigenvalue weighted by Gasteiger charge is 2.19. The van der Waals surface area contributed by atoms with Crippen LogP contribution in [0.5, 0.6) is 0 Å². The van der Waals surface area contributed by atoms with E-state index in [1.165, 1.54) is 10.6 Å². The van der Waals surface area contributed by atoms with Gasteiger partial charge in [-0.15, -0.1) is 0 Å². The third-order valence-corrected chi connectivity index (χ3v) is 3.95. The standard InChI is InChI=1S/C15H24N4O2/c1-12-11-14(3-6-16-12)19-8-4-13(5-9-19)17-7-10-18(2)15(20)21/h3,6,11,13,17H,4-5,7-10H2,1-2H3,(H,20,21). The Labute approximate surface area is 125 Å². The minimum Gasteiger partial charge on any atom is -0.465 e. The van der Waals surface area contributed by atoms with Gasteiger partial charge in [-0.3, -0.25) is 4.98 Å². The van der Waals surface area contributed by atoms with Crippen LogP contribution in [0.4, 0.5) is 10.5 Å². The van der Waals surface area contributed by atoms with Crippen molar-refractivity contribution in [1.29, 1.82) is 0 Å². The number of piperidine rings is 1. The third-order valence-electron chi connectivity index (χ3n) is 3.95. The molecule has 0 saturated carbocycles. The maximum atomic E-state index is 10.7. The van der Waals surface area contributed by atoms with E-state index in [0.29, 0.717) is 19.1 Å². The number of pyridine rings is 1. The van der Waals surface area contributed by atoms with E-state index in [0.717, 1.165) is 31.6 Å². The summed E-state index contributed by atoms with van der Waals surface area (Å²) in [7, 11) is 1.60. The molecule has 0 bridgehead atoms. The predicted octanol–water partition coefficient (Wildman–Crippen LogP) is 1.56. The van der Waals surface area contributed by atoms with Crippen LogP contribution in [0.15, 0.2) is 18.3 Å². The number of anilines is 1. The highest BCUT2D eigenvalue weighted by Crippen LogP contribution is 2.19. The molecular formula is C15H24N4O2. The van der Waals surface area contributed by atoms with E-state index in [-0.39, 0.29) is 0 Å². The first-order valence-electron chi connectivity index (χ1n) is 7.41. The monoisotopic (exact) mass is 292 g/mol. The Morgan fingerprint density at radius 1 is 1.52 bits per heavy atom. The van der Waals surface area contributed by atoms with E-state index in [1.54, 1.807) is 7.05 Å². The van der Waals surface area contributed by atoms with E-state index >= 15 is 0 Å². The topological polar surface area (TPSA) is 68.7 Å². The molecule has 0 atom stereocenters. The van der Waals surface area contributed by atoms with Gasteiger partial charge in [0, 0.05) is 56.8 Å². The first-order chi connectivity index (χ1) is 10.1. The zero-order chi connectivity index (χ0) is 15.2. The summed E-state index contributed by atoms with van der Waals surface area (Å²) < 4.78 is 0. The maximum absolute atomic E-state index is 10.7. The molecule has 6 nitrogen and oxygen atoms in total. The Balaban J connectivity index is 1.72. The second kappa shape index (κ2) is 7.26. The smallest absolute Gasteiger partial charge is 0.407 e. The van der Waals surface area contributed by atoms with Crippen LogP contribution in [-0.2, 0) is 0 Å². The summed E-state index contributed by atoms with van der Waals surface area (Å²) in [5, 5.41) is 12.2. The van der Waals surface area contributed by atoms with Gasteiger partial charge < -0.3 is 20.2 Å². The van der Waals surface area contributed by atoms with Crippen LogP contribution in [0, 0.1) is 6.92 Å². The summed E-state index contributed by atoms with van der Waals surface area (Å²) in [6.45, 7) is 5.30. The van der Waals surface area contributed by atoms with Crippen LogP contribution in [0.3, 0.4) is 0 Å². The van der Waals surface area contributed by atoms with Crippen LogP contribution in [-0.4, -0.2) is 60.4 Å². The molecule has 0 aliphatic carbocycles. The van der Waals surface area contributed by atoms with Gasteiger partial charge in [0.05, 0.1) is 0 Å². The van der Waals surface area contributed by atoms with Crippen molar-refractivity contribution in [2.24, 2.45) is 0 Å². The summed E-state index contributed by atoms with van der Waals surface area (Å²) in [4.78, 5) is 18.6. The predicted molar refractivity (Wildman–Crippen MR) is 82.9 cm³/mol. The number of nitrogens with one attached hydrogen (secondary N) is 1. The number of nitrogens with zero attached hydrogens (tertiary/aromatic N) is 3. The number of likely N-dealkylation sites (N-methyl/N-ethyl adjacent to an activating group) is 1. The van der Waals surface area contributed by atoms with Crippen LogP contribution < -0.4 is 10.2 Å². The second-order valence-corrected chi connectivity index (χ2v) is 5.57. The molecule has 0 unspecified atom stereocenters. The van der Waals surface area contributed by atoms with Crippen LogP contribution in [0.1, 0.15) is 18.5 Å². The molecule has 0 spiro atoms. The number of aryl methyl sites for hydroxylation is 1. The fourth-order valence-electron chi connectivity index (χ4n) is 2.60. The number of carboxylic acid groups (broad SMARTS) is 1. The van der Waals surface area contributed by atoms with Gasteiger partial charge in [0.2, 0.25) is 0 Å². The molecule has 21 heavy (non-hydrogen) atoms. The summed E-state index contributed by atoms with van der Waals surface area (Å²) >= 11 is 0. The first kappa shape index (κ1) is 15.6. The fourth-order valence-corrected chi connectivity index (χ4v) is 2.60. The van der Waals surface area contributed by atoms with Crippen molar-refractivity contribution in [2.75, 3.05) is 38.1 Å². The number of hydrogen-bond acceptors (Lipinski definition) is 4. The summed E-state index contributed by atoms with van der Waals surface area (Å²) in [5.74, 6) is 0. The molecule has 1 aromatic heterocycles. The molecule has 2 rings (SSSR count). The fraction of sp³-hybridized carbons (Fsp3) is 0.600. The maximum Gasteiger partial charge on any atom is 0.407 e. The highest BCUT2D eigenvalue weighted by atomic mass is 16.4. The number of aromatic nitrogens is 1. The molecule has 2 heterocycles. The van der Waals surface area contributed by atoms with Crippen molar-refractivity contribution >= 4 is 11.8 Å². The van der Waals surface area contributed by atoms with Crippen molar-refractivity contribution in [3.05, 3.63) is 24.0 Å². The van der Waals surface area contributed by atoms with Crippen LogP contribution in [0.25, 0.3) is 0 Å². The SMILES string of the molecule is Cc1cc(N2CCC(NCCN(C)C(=O)O)CC2)ccn1. The molecule has 1 aliphatic rings. The van der Waals surface area contributed by atoms with Gasteiger partial charge in [0.1, 0.15) is 0 Å². The number of rotatable bonds is 5. The van der Waals surface area contributed by atoms with E-state index in [4.69, 9.17) is 5.11 Å². The molecule has 116 valence electrons. The summed E-state index contributed by atoms with van der Waals surface area (Å²) in [6, 6.07) is 4.66. The Morgan fingerprint density at radius 3 is 2.86 bits per heavy atom. The Morgan fingerprint density at radius 2 is 2.24 bits per heavy atom. The Hall–Kier alpha value is -1.82. The minimum atomic E-state index is -0.875. The average Bonchev–Trinajstić information content (AvgIpc) is 2.47. The van der Waals surface area contributed by atoms with E-state index in [2.05, 4.69) is 27.3 Å². The van der Waals surface area contributed by atoms with E-state index in [9.17, 15) is 4.79 Å². The molecule has 2 N–H and O–H groups in total. The normalized spacial score (nSPS) is 16.0. The zero-order valence-electron chi connectivity index (χ0n) is 12.7. The van der Waals surface area contributed by atoms with Gasteiger partial charge in [0.15, 0.2) is 0 Å². The van der Waals surface area contributed by atoms with Crippen molar-refractivity contribution < 1.29 is 9.90 Å². The molecular weight excluding hydrogens is 268 g/mol. The third kappa shape index (κ3) is 4.60.